The van der Waals surface area contributed by atoms with Crippen LogP contribution >= 0.6 is 0 Å². The largest absolute Gasteiger partial charge is 0.441 e. The molecule has 0 aliphatic carbocycles. The van der Waals surface area contributed by atoms with Gasteiger partial charge in [0.2, 0.25) is 11.8 Å². The van der Waals surface area contributed by atoms with Gasteiger partial charge in [-0.15, -0.1) is 0 Å². The summed E-state index contributed by atoms with van der Waals surface area (Å²) in [7, 11) is 0. The number of nitrogens with zero attached hydrogens (tertiary/aromatic N) is 2. The fourth-order valence-corrected chi connectivity index (χ4v) is 2.82. The molecule has 0 bridgehead atoms. The summed E-state index contributed by atoms with van der Waals surface area (Å²) in [4.78, 5) is 29.9. The Bertz CT molecular complexity index is 716. The number of nitrogens with two attached hydrogens (primary N) is 1. The van der Waals surface area contributed by atoms with Crippen LogP contribution in [0, 0.1) is 12.8 Å². The SMILES string of the molecule is Cc1oc(-c2ccccc2)nc1C(=O)N1CCC(C(N)=O)CC1. The number of piperidine rings is 1. The highest BCUT2D eigenvalue weighted by Gasteiger charge is 2.29. The number of carbonyl (C=O) groups excluding carboxylic acids is 2. The van der Waals surface area contributed by atoms with E-state index in [0.717, 1.165) is 5.56 Å². The number of likely N-dealkylation sites (tertiary alicyclic amines) is 1. The minimum atomic E-state index is -0.291. The van der Waals surface area contributed by atoms with Crippen molar-refractivity contribution >= 4 is 11.8 Å². The second-order valence-electron chi connectivity index (χ2n) is 5.76. The molecule has 2 heterocycles. The van der Waals surface area contributed by atoms with E-state index in [2.05, 4.69) is 4.98 Å². The highest BCUT2D eigenvalue weighted by molar-refractivity contribution is 5.94. The van der Waals surface area contributed by atoms with Crippen molar-refractivity contribution in [3.05, 3.63) is 41.8 Å². The van der Waals surface area contributed by atoms with Gasteiger partial charge in [-0.25, -0.2) is 4.98 Å². The van der Waals surface area contributed by atoms with Crippen LogP contribution in [0.15, 0.2) is 34.7 Å². The molecule has 6 nitrogen and oxygen atoms in total. The Morgan fingerprint density at radius 3 is 2.48 bits per heavy atom. The molecule has 1 fully saturated rings. The lowest BCUT2D eigenvalue weighted by Crippen LogP contribution is -2.42. The summed E-state index contributed by atoms with van der Waals surface area (Å²) in [6.45, 7) is 2.77. The average Bonchev–Trinajstić information content (AvgIpc) is 2.97. The van der Waals surface area contributed by atoms with Crippen molar-refractivity contribution in [2.75, 3.05) is 13.1 Å². The third-order valence-corrected chi connectivity index (χ3v) is 4.20. The fraction of sp³-hybridized carbons (Fsp3) is 0.353. The van der Waals surface area contributed by atoms with Gasteiger partial charge in [0.05, 0.1) is 0 Å². The Morgan fingerprint density at radius 2 is 1.87 bits per heavy atom. The Labute approximate surface area is 134 Å². The first-order valence-corrected chi connectivity index (χ1v) is 7.67. The molecule has 6 heteroatoms. The monoisotopic (exact) mass is 313 g/mol. The van der Waals surface area contributed by atoms with Crippen LogP contribution in [0.1, 0.15) is 29.1 Å². The van der Waals surface area contributed by atoms with Crippen molar-refractivity contribution in [2.24, 2.45) is 11.7 Å². The van der Waals surface area contributed by atoms with Gasteiger partial charge >= 0.3 is 0 Å². The summed E-state index contributed by atoms with van der Waals surface area (Å²) < 4.78 is 5.64. The molecule has 0 atom stereocenters. The smallest absolute Gasteiger partial charge is 0.276 e. The zero-order valence-corrected chi connectivity index (χ0v) is 13.0. The van der Waals surface area contributed by atoms with Gasteiger partial charge in [0.1, 0.15) is 5.76 Å². The first kappa shape index (κ1) is 15.3. The van der Waals surface area contributed by atoms with Gasteiger partial charge in [-0.3, -0.25) is 9.59 Å². The topological polar surface area (TPSA) is 89.4 Å². The number of amides is 2. The minimum Gasteiger partial charge on any atom is -0.441 e. The van der Waals surface area contributed by atoms with E-state index >= 15 is 0 Å². The molecule has 0 radical (unpaired) electrons. The van der Waals surface area contributed by atoms with E-state index in [1.54, 1.807) is 11.8 Å². The van der Waals surface area contributed by atoms with Gasteiger partial charge < -0.3 is 15.1 Å². The molecule has 23 heavy (non-hydrogen) atoms. The van der Waals surface area contributed by atoms with E-state index in [4.69, 9.17) is 10.2 Å². The number of carbonyl (C=O) groups is 2. The van der Waals surface area contributed by atoms with Crippen molar-refractivity contribution in [3.63, 3.8) is 0 Å². The van der Waals surface area contributed by atoms with Crippen LogP contribution in [-0.4, -0.2) is 34.8 Å². The van der Waals surface area contributed by atoms with Gasteiger partial charge in [-0.1, -0.05) is 18.2 Å². The second kappa shape index (κ2) is 6.24. The lowest BCUT2D eigenvalue weighted by molar-refractivity contribution is -0.123. The third kappa shape index (κ3) is 3.11. The van der Waals surface area contributed by atoms with E-state index in [9.17, 15) is 9.59 Å². The molecule has 1 saturated heterocycles. The summed E-state index contributed by atoms with van der Waals surface area (Å²) in [5.41, 5.74) is 6.49. The maximum atomic E-state index is 12.6. The van der Waals surface area contributed by atoms with Crippen molar-refractivity contribution in [1.29, 1.82) is 0 Å². The molecular formula is C17H19N3O3. The predicted molar refractivity (Wildman–Crippen MR) is 84.5 cm³/mol. The molecule has 3 rings (SSSR count). The summed E-state index contributed by atoms with van der Waals surface area (Å²) in [6.07, 6.45) is 1.20. The molecule has 0 saturated carbocycles. The molecule has 1 aromatic heterocycles. The minimum absolute atomic E-state index is 0.141. The average molecular weight is 313 g/mol. The molecule has 0 unspecified atom stereocenters. The van der Waals surface area contributed by atoms with E-state index in [-0.39, 0.29) is 17.7 Å². The van der Waals surface area contributed by atoms with E-state index < -0.39 is 0 Å². The maximum Gasteiger partial charge on any atom is 0.276 e. The molecule has 1 aliphatic rings. The number of aromatic nitrogens is 1. The number of aryl methyl sites for hydroxylation is 1. The Kier molecular flexibility index (Phi) is 4.14. The number of hydrogen-bond donors (Lipinski definition) is 1. The maximum absolute atomic E-state index is 12.6. The highest BCUT2D eigenvalue weighted by Crippen LogP contribution is 2.24. The van der Waals surface area contributed by atoms with E-state index in [0.29, 0.717) is 43.3 Å². The van der Waals surface area contributed by atoms with Crippen molar-refractivity contribution in [2.45, 2.75) is 19.8 Å². The molecule has 120 valence electrons. The summed E-state index contributed by atoms with van der Waals surface area (Å²) >= 11 is 0. The van der Waals surface area contributed by atoms with Crippen LogP contribution in [0.3, 0.4) is 0 Å². The van der Waals surface area contributed by atoms with Gasteiger partial charge in [0.25, 0.3) is 5.91 Å². The summed E-state index contributed by atoms with van der Waals surface area (Å²) in [5, 5.41) is 0. The zero-order chi connectivity index (χ0) is 16.4. The number of primary amides is 1. The number of benzene rings is 1. The van der Waals surface area contributed by atoms with Crippen LogP contribution in [0.2, 0.25) is 0 Å². The van der Waals surface area contributed by atoms with Crippen LogP contribution < -0.4 is 5.73 Å². The van der Waals surface area contributed by atoms with Crippen LogP contribution in [0.25, 0.3) is 11.5 Å². The van der Waals surface area contributed by atoms with Crippen LogP contribution in [0.5, 0.6) is 0 Å². The van der Waals surface area contributed by atoms with Gasteiger partial charge in [-0.2, -0.15) is 0 Å². The standard InChI is InChI=1S/C17H19N3O3/c1-11-14(19-16(23-11)13-5-3-2-4-6-13)17(22)20-9-7-12(8-10-20)15(18)21/h2-6,12H,7-10H2,1H3,(H2,18,21). The highest BCUT2D eigenvalue weighted by atomic mass is 16.4. The summed E-state index contributed by atoms with van der Waals surface area (Å²) in [6, 6.07) is 9.47. The number of oxazole rings is 1. The predicted octanol–water partition coefficient (Wildman–Crippen LogP) is 1.99. The van der Waals surface area contributed by atoms with E-state index in [1.165, 1.54) is 0 Å². The number of rotatable bonds is 3. The Balaban J connectivity index is 1.76. The quantitative estimate of drug-likeness (QED) is 0.938. The van der Waals surface area contributed by atoms with Crippen molar-refractivity contribution in [3.8, 4) is 11.5 Å². The fourth-order valence-electron chi connectivity index (χ4n) is 2.82. The normalized spacial score (nSPS) is 15.6. The third-order valence-electron chi connectivity index (χ3n) is 4.20. The van der Waals surface area contributed by atoms with E-state index in [1.807, 2.05) is 30.3 Å². The first-order chi connectivity index (χ1) is 11.1. The van der Waals surface area contributed by atoms with Gasteiger partial charge in [0, 0.05) is 24.6 Å². The van der Waals surface area contributed by atoms with Crippen molar-refractivity contribution < 1.29 is 14.0 Å². The van der Waals surface area contributed by atoms with Gasteiger partial charge in [0.15, 0.2) is 5.69 Å². The molecule has 2 amide bonds. The van der Waals surface area contributed by atoms with Crippen molar-refractivity contribution in [1.82, 2.24) is 9.88 Å². The van der Waals surface area contributed by atoms with Gasteiger partial charge in [-0.05, 0) is 31.9 Å². The summed E-state index contributed by atoms with van der Waals surface area (Å²) in [5.74, 6) is 0.360. The molecule has 2 aromatic rings. The van der Waals surface area contributed by atoms with Crippen LogP contribution in [0.4, 0.5) is 0 Å². The second-order valence-corrected chi connectivity index (χ2v) is 5.76. The Morgan fingerprint density at radius 1 is 1.22 bits per heavy atom. The Hall–Kier alpha value is -2.63. The molecule has 0 spiro atoms. The number of hydrogen-bond acceptors (Lipinski definition) is 4. The first-order valence-electron chi connectivity index (χ1n) is 7.67. The molecular weight excluding hydrogens is 294 g/mol. The van der Waals surface area contributed by atoms with Crippen LogP contribution in [-0.2, 0) is 4.79 Å². The molecule has 1 aromatic carbocycles. The lowest BCUT2D eigenvalue weighted by atomic mass is 9.96. The molecule has 1 aliphatic heterocycles. The zero-order valence-electron chi connectivity index (χ0n) is 13.0. The molecule has 2 N–H and O–H groups in total. The lowest BCUT2D eigenvalue weighted by Gasteiger charge is -2.30.